The van der Waals surface area contributed by atoms with Crippen LogP contribution in [0.5, 0.6) is 0 Å². The maximum absolute atomic E-state index is 11.4. The minimum atomic E-state index is -1.39. The van der Waals surface area contributed by atoms with E-state index in [1.54, 1.807) is 6.92 Å². The van der Waals surface area contributed by atoms with Crippen LogP contribution in [0, 0.1) is 5.92 Å². The standard InChI is InChI=1S/C11H14O7.Al.3H/c1-4-17-10(15)8(6(2)12)5-9(14)11(16)18-7(3)13;;;;/h8H,4-5H2,1-3H3;;;;. The highest BCUT2D eigenvalue weighted by Crippen LogP contribution is 2.09. The van der Waals surface area contributed by atoms with Gasteiger partial charge < -0.3 is 9.47 Å². The van der Waals surface area contributed by atoms with Gasteiger partial charge in [0, 0.05) is 13.3 Å². The molecular weight excluding hydrogens is 271 g/mol. The number of ketones is 2. The van der Waals surface area contributed by atoms with Gasteiger partial charge in [0.2, 0.25) is 5.78 Å². The van der Waals surface area contributed by atoms with Crippen molar-refractivity contribution in [2.24, 2.45) is 5.92 Å². The Balaban J connectivity index is 0. The first-order valence-electron chi connectivity index (χ1n) is 5.22. The first-order valence-corrected chi connectivity index (χ1v) is 5.22. The third-order valence-corrected chi connectivity index (χ3v) is 1.92. The van der Waals surface area contributed by atoms with Crippen molar-refractivity contribution in [2.75, 3.05) is 6.61 Å². The molecule has 0 heterocycles. The molecule has 0 saturated heterocycles. The Bertz CT molecular complexity index is 389. The lowest BCUT2D eigenvalue weighted by Crippen LogP contribution is -2.30. The monoisotopic (exact) mass is 288 g/mol. The summed E-state index contributed by atoms with van der Waals surface area (Å²) >= 11 is 0. The predicted octanol–water partition coefficient (Wildman–Crippen LogP) is -1.38. The van der Waals surface area contributed by atoms with E-state index >= 15 is 0 Å². The Hall–Kier alpha value is -1.52. The van der Waals surface area contributed by atoms with Crippen molar-refractivity contribution >= 4 is 46.8 Å². The average Bonchev–Trinajstić information content (AvgIpc) is 2.24. The molecule has 106 valence electrons. The van der Waals surface area contributed by atoms with E-state index in [0.717, 1.165) is 13.8 Å². The number of carbonyl (C=O) groups excluding carboxylic acids is 5. The van der Waals surface area contributed by atoms with E-state index in [1.807, 2.05) is 0 Å². The molecule has 7 nitrogen and oxygen atoms in total. The normalized spacial score (nSPS) is 10.7. The molecule has 0 spiro atoms. The van der Waals surface area contributed by atoms with Gasteiger partial charge in [0.05, 0.1) is 6.61 Å². The molecule has 8 heteroatoms. The van der Waals surface area contributed by atoms with Crippen molar-refractivity contribution in [1.29, 1.82) is 0 Å². The van der Waals surface area contributed by atoms with Gasteiger partial charge in [-0.25, -0.2) is 4.79 Å². The van der Waals surface area contributed by atoms with Gasteiger partial charge in [0.25, 0.3) is 0 Å². The summed E-state index contributed by atoms with van der Waals surface area (Å²) in [4.78, 5) is 55.3. The summed E-state index contributed by atoms with van der Waals surface area (Å²) in [5.74, 6) is -6.29. The molecule has 0 aromatic carbocycles. The van der Waals surface area contributed by atoms with E-state index in [0.29, 0.717) is 0 Å². The fourth-order valence-corrected chi connectivity index (χ4v) is 1.09. The summed E-state index contributed by atoms with van der Waals surface area (Å²) in [6, 6.07) is 0. The zero-order chi connectivity index (χ0) is 14.3. The Morgan fingerprint density at radius 1 is 1.05 bits per heavy atom. The van der Waals surface area contributed by atoms with Gasteiger partial charge in [0.1, 0.15) is 11.7 Å². The van der Waals surface area contributed by atoms with Crippen molar-refractivity contribution in [2.45, 2.75) is 27.2 Å². The molecule has 0 fully saturated rings. The van der Waals surface area contributed by atoms with Gasteiger partial charge in [-0.05, 0) is 13.8 Å². The highest BCUT2D eigenvalue weighted by atomic mass is 27.0. The zero-order valence-corrected chi connectivity index (χ0v) is 10.3. The molecule has 0 N–H and O–H groups in total. The minimum Gasteiger partial charge on any atom is -0.465 e. The summed E-state index contributed by atoms with van der Waals surface area (Å²) in [6.45, 7) is 3.65. The van der Waals surface area contributed by atoms with E-state index in [4.69, 9.17) is 0 Å². The Kier molecular flexibility index (Phi) is 9.82. The third kappa shape index (κ3) is 7.49. The van der Waals surface area contributed by atoms with E-state index in [2.05, 4.69) is 9.47 Å². The number of Topliss-reactive ketones (excluding diaryl/α,β-unsaturated/α-hetero) is 2. The molecule has 0 aliphatic heterocycles. The lowest BCUT2D eigenvalue weighted by Gasteiger charge is -2.10. The first kappa shape index (κ1) is 19.8. The van der Waals surface area contributed by atoms with Crippen LogP contribution in [0.1, 0.15) is 27.2 Å². The number of esters is 3. The van der Waals surface area contributed by atoms with Crippen LogP contribution in [-0.2, 0) is 33.4 Å². The zero-order valence-electron chi connectivity index (χ0n) is 10.3. The summed E-state index contributed by atoms with van der Waals surface area (Å²) < 4.78 is 8.64. The molecule has 0 amide bonds. The van der Waals surface area contributed by atoms with Gasteiger partial charge in [-0.1, -0.05) is 0 Å². The molecule has 0 bridgehead atoms. The number of hydrogen-bond acceptors (Lipinski definition) is 7. The SMILES string of the molecule is CCOC(=O)C(CC(=O)C(=O)OC(C)=O)C(C)=O.[AlH3]. The maximum atomic E-state index is 11.4. The van der Waals surface area contributed by atoms with Gasteiger partial charge in [-0.3, -0.25) is 19.2 Å². The van der Waals surface area contributed by atoms with Gasteiger partial charge in [0.15, 0.2) is 17.4 Å². The Morgan fingerprint density at radius 2 is 1.58 bits per heavy atom. The van der Waals surface area contributed by atoms with Crippen LogP contribution in [0.2, 0.25) is 0 Å². The number of ether oxygens (including phenoxy) is 2. The number of hydrogen-bond donors (Lipinski definition) is 0. The highest BCUT2D eigenvalue weighted by molar-refractivity contribution is 6.36. The van der Waals surface area contributed by atoms with Gasteiger partial charge in [-0.15, -0.1) is 0 Å². The van der Waals surface area contributed by atoms with Gasteiger partial charge >= 0.3 is 17.9 Å². The van der Waals surface area contributed by atoms with Crippen LogP contribution in [-0.4, -0.2) is 53.4 Å². The van der Waals surface area contributed by atoms with E-state index < -0.39 is 41.8 Å². The minimum absolute atomic E-state index is 0. The summed E-state index contributed by atoms with van der Waals surface area (Å²) in [5.41, 5.74) is 0. The maximum Gasteiger partial charge on any atom is 0.382 e. The number of rotatable bonds is 6. The fourth-order valence-electron chi connectivity index (χ4n) is 1.09. The molecule has 0 aromatic heterocycles. The Morgan fingerprint density at radius 3 is 1.95 bits per heavy atom. The summed E-state index contributed by atoms with van der Waals surface area (Å²) in [7, 11) is 0. The largest absolute Gasteiger partial charge is 0.465 e. The lowest BCUT2D eigenvalue weighted by molar-refractivity contribution is -0.163. The first-order chi connectivity index (χ1) is 8.29. The topological polar surface area (TPSA) is 104 Å². The number of carbonyl (C=O) groups is 5. The molecule has 0 aromatic rings. The van der Waals surface area contributed by atoms with Crippen LogP contribution in [0.4, 0.5) is 0 Å². The van der Waals surface area contributed by atoms with Crippen LogP contribution < -0.4 is 0 Å². The van der Waals surface area contributed by atoms with Crippen LogP contribution in [0.3, 0.4) is 0 Å². The molecule has 1 atom stereocenters. The van der Waals surface area contributed by atoms with Crippen LogP contribution in [0.25, 0.3) is 0 Å². The lowest BCUT2D eigenvalue weighted by atomic mass is 9.98. The van der Waals surface area contributed by atoms with Crippen LogP contribution in [0.15, 0.2) is 0 Å². The predicted molar refractivity (Wildman–Crippen MR) is 67.1 cm³/mol. The molecule has 19 heavy (non-hydrogen) atoms. The molecule has 1 unspecified atom stereocenters. The summed E-state index contributed by atoms with van der Waals surface area (Å²) in [5, 5.41) is 0. The van der Waals surface area contributed by atoms with E-state index in [-0.39, 0.29) is 24.0 Å². The van der Waals surface area contributed by atoms with Crippen molar-refractivity contribution in [1.82, 2.24) is 0 Å². The second-order valence-corrected chi connectivity index (χ2v) is 3.42. The smallest absolute Gasteiger partial charge is 0.382 e. The molecule has 0 radical (unpaired) electrons. The van der Waals surface area contributed by atoms with Crippen molar-refractivity contribution in [3.05, 3.63) is 0 Å². The fraction of sp³-hybridized carbons (Fsp3) is 0.545. The van der Waals surface area contributed by atoms with Crippen molar-refractivity contribution in [3.63, 3.8) is 0 Å². The average molecular weight is 288 g/mol. The highest BCUT2D eigenvalue weighted by Gasteiger charge is 2.31. The van der Waals surface area contributed by atoms with Crippen LogP contribution >= 0.6 is 0 Å². The van der Waals surface area contributed by atoms with Gasteiger partial charge in [-0.2, -0.15) is 0 Å². The molecule has 0 aliphatic carbocycles. The van der Waals surface area contributed by atoms with Crippen molar-refractivity contribution in [3.8, 4) is 0 Å². The second kappa shape index (κ2) is 9.42. The third-order valence-electron chi connectivity index (χ3n) is 1.92. The van der Waals surface area contributed by atoms with E-state index in [9.17, 15) is 24.0 Å². The summed E-state index contributed by atoms with van der Waals surface area (Å²) in [6.07, 6.45) is -0.666. The molecule has 0 rings (SSSR count). The molecule has 0 aliphatic rings. The Labute approximate surface area is 120 Å². The second-order valence-electron chi connectivity index (χ2n) is 3.42. The van der Waals surface area contributed by atoms with E-state index in [1.165, 1.54) is 0 Å². The van der Waals surface area contributed by atoms with Crippen molar-refractivity contribution < 1.29 is 33.4 Å². The molecular formula is C11H17AlO7. The quantitative estimate of drug-likeness (QED) is 0.257. The molecule has 0 saturated carbocycles.